The molecule has 1 aliphatic carbocycles. The van der Waals surface area contributed by atoms with Crippen molar-refractivity contribution in [3.05, 3.63) is 226 Å². The van der Waals surface area contributed by atoms with E-state index in [4.69, 9.17) is 36.3 Å². The molecule has 4 aromatic carbocycles. The summed E-state index contributed by atoms with van der Waals surface area (Å²) < 4.78 is 58.7. The minimum absolute atomic E-state index is 0.0122. The van der Waals surface area contributed by atoms with E-state index in [1.54, 1.807) is 62.7 Å². The Morgan fingerprint density at radius 1 is 0.590 bits per heavy atom. The van der Waals surface area contributed by atoms with Crippen molar-refractivity contribution in [3.8, 4) is 45.3 Å². The quantitative estimate of drug-likeness (QED) is 0.0783. The number of benzene rings is 4. The molecule has 16 rings (SSSR count). The first-order valence-electron chi connectivity index (χ1n) is 41.7. The van der Waals surface area contributed by atoms with Gasteiger partial charge in [-0.3, -0.25) is 19.4 Å². The van der Waals surface area contributed by atoms with E-state index in [1.165, 1.54) is 51.6 Å². The number of carbonyl (C=O) groups excluding carboxylic acids is 3. The largest absolute Gasteiger partial charge is 0.507 e. The number of aryl methyl sites for hydroxylation is 4. The van der Waals surface area contributed by atoms with Crippen LogP contribution in [0.3, 0.4) is 0 Å². The predicted molar refractivity (Wildman–Crippen MR) is 470 cm³/mol. The number of hydrogen-bond acceptors (Lipinski definition) is 19. The van der Waals surface area contributed by atoms with E-state index in [0.717, 1.165) is 46.7 Å². The number of fused-ring (bicyclic) bond motifs is 3. The van der Waals surface area contributed by atoms with Gasteiger partial charge in [-0.25, -0.2) is 56.2 Å². The van der Waals surface area contributed by atoms with Gasteiger partial charge in [-0.05, 0) is 204 Å². The van der Waals surface area contributed by atoms with Gasteiger partial charge in [-0.1, -0.05) is 88.3 Å². The third-order valence-corrected chi connectivity index (χ3v) is 24.6. The van der Waals surface area contributed by atoms with Gasteiger partial charge < -0.3 is 44.1 Å². The third-order valence-electron chi connectivity index (χ3n) is 24.3. The number of carbonyl (C=O) groups is 3. The van der Waals surface area contributed by atoms with Crippen LogP contribution in [0.4, 0.5) is 36.4 Å². The van der Waals surface area contributed by atoms with Crippen molar-refractivity contribution in [2.45, 2.75) is 144 Å². The average Bonchev–Trinajstić information content (AvgIpc) is 1.49. The molecule has 25 nitrogen and oxygen atoms in total. The van der Waals surface area contributed by atoms with Gasteiger partial charge >= 0.3 is 17.1 Å². The number of ether oxygens (including phenoxy) is 1. The molecule has 0 unspecified atom stereocenters. The number of rotatable bonds is 18. The van der Waals surface area contributed by atoms with Gasteiger partial charge in [0, 0.05) is 114 Å². The Balaban J connectivity index is 0.696. The van der Waals surface area contributed by atoms with Crippen LogP contribution in [0.15, 0.2) is 136 Å². The van der Waals surface area contributed by atoms with Gasteiger partial charge in [-0.15, -0.1) is 0 Å². The highest BCUT2D eigenvalue weighted by Gasteiger charge is 2.38. The molecule has 5 fully saturated rings. The molecular formula is C93H97ClF3N17O8. The number of phenolic OH excluding ortho intramolecular Hbond substituents is 1. The molecule has 7 aromatic heterocycles. The number of morpholine rings is 1. The fourth-order valence-electron chi connectivity index (χ4n) is 18.2. The Hall–Kier alpha value is -12.4. The Labute approximate surface area is 708 Å². The second-order valence-electron chi connectivity index (χ2n) is 33.4. The minimum Gasteiger partial charge on any atom is -0.507 e. The van der Waals surface area contributed by atoms with Gasteiger partial charge in [0.25, 0.3) is 0 Å². The van der Waals surface area contributed by atoms with Gasteiger partial charge in [0.15, 0.2) is 22.8 Å². The number of nitrogens with zero attached hydrogens (tertiary/aromatic N) is 17. The number of pyridine rings is 4. The van der Waals surface area contributed by atoms with Crippen LogP contribution in [0.5, 0.6) is 5.75 Å². The Morgan fingerprint density at radius 2 is 1.13 bits per heavy atom. The summed E-state index contributed by atoms with van der Waals surface area (Å²) in [5.41, 5.74) is 5.63. The lowest BCUT2D eigenvalue weighted by Gasteiger charge is -2.41. The minimum atomic E-state index is -0.954. The second kappa shape index (κ2) is 33.2. The van der Waals surface area contributed by atoms with Crippen LogP contribution >= 0.6 is 11.6 Å². The number of anilines is 4. The molecule has 4 saturated heterocycles. The van der Waals surface area contributed by atoms with Gasteiger partial charge in [-0.2, -0.15) is 15.0 Å². The summed E-state index contributed by atoms with van der Waals surface area (Å²) in [7, 11) is 0. The zero-order valence-electron chi connectivity index (χ0n) is 70.5. The van der Waals surface area contributed by atoms with Crippen LogP contribution in [-0.4, -0.2) is 188 Å². The molecular weight excluding hydrogens is 1580 g/mol. The van der Waals surface area contributed by atoms with E-state index in [2.05, 4.69) is 26.4 Å². The fraction of sp³-hybridized carbons (Fsp3) is 0.366. The smallest absolute Gasteiger partial charge is 0.355 e. The van der Waals surface area contributed by atoms with Crippen molar-refractivity contribution in [2.24, 2.45) is 0 Å². The number of amides is 3. The Kier molecular flexibility index (Phi) is 22.6. The summed E-state index contributed by atoms with van der Waals surface area (Å²) in [5.74, 6) is -2.44. The summed E-state index contributed by atoms with van der Waals surface area (Å²) >= 11 is 7.43. The molecule has 29 heteroatoms. The standard InChI is InChI=1S/C93H97ClF3N17O8/c1-14-58-26-27-59(30-32-74(117)106-38-41-111(56(10)49-106)85-67-46-71(97)79(77-70(96)22-19-23-72(77)115)100-87(67)113(91(120)104-85)81-57(11)98-35-34-63(81)60-28-29-60)62(15-2)82(58)114-88-66(45-68(94)89(101-88)108-42-43-122-93(12,13)50-108)84(103-92(114)121)110-40-37-107(48-55(110)9)75(118)33-31-61-25-24-52(6)80(76(61)51(4)5)112-86-65(44-53(7)78(99-86)64-20-17-18-21-69(64)95)83(102-90(112)119)109-39-36-105(47-54(109)8)73(116)16-3/h16-27,30-35,44-46,51,54-56,60,115H,3,14-15,28-29,36-43,47-50H2,1-2,4-13H3/b32-30-,33-31-/t54-,55-,56-/m0/s1. The summed E-state index contributed by atoms with van der Waals surface area (Å²) in [5, 5.41) is 12.4. The van der Waals surface area contributed by atoms with E-state index in [1.807, 2.05) is 133 Å². The molecule has 3 atom stereocenters. The van der Waals surface area contributed by atoms with Crippen LogP contribution < -0.4 is 36.7 Å². The highest BCUT2D eigenvalue weighted by molar-refractivity contribution is 6.33. The summed E-state index contributed by atoms with van der Waals surface area (Å²) in [6, 6.07) is 23.3. The summed E-state index contributed by atoms with van der Waals surface area (Å²) in [6.45, 7) is 30.7. The number of phenols is 1. The van der Waals surface area contributed by atoms with Crippen molar-refractivity contribution in [2.75, 3.05) is 98.2 Å². The molecule has 0 radical (unpaired) electrons. The second-order valence-corrected chi connectivity index (χ2v) is 33.8. The van der Waals surface area contributed by atoms with E-state index in [9.17, 15) is 24.3 Å². The molecule has 5 aliphatic rings. The Bertz CT molecular complexity index is 6380. The van der Waals surface area contributed by atoms with Gasteiger partial charge in [0.2, 0.25) is 17.7 Å². The number of piperazine rings is 3. The maximum absolute atomic E-state index is 16.7. The van der Waals surface area contributed by atoms with Crippen molar-refractivity contribution < 1.29 is 37.4 Å². The summed E-state index contributed by atoms with van der Waals surface area (Å²) in [6.07, 6.45) is 12.2. The fourth-order valence-corrected chi connectivity index (χ4v) is 18.5. The molecule has 0 spiro atoms. The molecule has 11 aromatic rings. The number of aromatic hydroxyl groups is 1. The van der Waals surface area contributed by atoms with Crippen molar-refractivity contribution in [3.63, 3.8) is 0 Å². The summed E-state index contributed by atoms with van der Waals surface area (Å²) in [4.78, 5) is 135. The lowest BCUT2D eigenvalue weighted by molar-refractivity contribution is -0.127. The first kappa shape index (κ1) is 83.2. The lowest BCUT2D eigenvalue weighted by Crippen LogP contribution is -2.54. The van der Waals surface area contributed by atoms with Crippen molar-refractivity contribution in [1.29, 1.82) is 0 Å². The average molecular weight is 1670 g/mol. The van der Waals surface area contributed by atoms with Crippen molar-refractivity contribution in [1.82, 2.24) is 63.3 Å². The van der Waals surface area contributed by atoms with Crippen LogP contribution in [-0.2, 0) is 32.0 Å². The zero-order chi connectivity index (χ0) is 86.3. The monoisotopic (exact) mass is 1670 g/mol. The topological polar surface area (TPSA) is 260 Å². The number of hydrogen-bond donors (Lipinski definition) is 1. The highest BCUT2D eigenvalue weighted by atomic mass is 35.5. The predicted octanol–water partition coefficient (Wildman–Crippen LogP) is 13.9. The molecule has 1 N–H and O–H groups in total. The number of aromatic nitrogens is 10. The highest BCUT2D eigenvalue weighted by Crippen LogP contribution is 2.46. The number of halogens is 4. The van der Waals surface area contributed by atoms with E-state index in [0.29, 0.717) is 136 Å². The van der Waals surface area contributed by atoms with E-state index >= 15 is 22.8 Å². The third kappa shape index (κ3) is 15.3. The maximum Gasteiger partial charge on any atom is 0.355 e. The van der Waals surface area contributed by atoms with Crippen LogP contribution in [0.1, 0.15) is 137 Å². The van der Waals surface area contributed by atoms with Crippen molar-refractivity contribution >= 4 is 97.8 Å². The molecule has 11 heterocycles. The van der Waals surface area contributed by atoms with E-state index < -0.39 is 69.2 Å². The van der Waals surface area contributed by atoms with Crippen LogP contribution in [0.2, 0.25) is 5.02 Å². The van der Waals surface area contributed by atoms with Crippen LogP contribution in [0, 0.1) is 38.2 Å². The molecule has 1 saturated carbocycles. The normalized spacial score (nSPS) is 17.8. The molecule has 630 valence electrons. The Morgan fingerprint density at radius 3 is 1.69 bits per heavy atom. The molecule has 3 amide bonds. The van der Waals surface area contributed by atoms with Crippen LogP contribution in [0.25, 0.3) is 84.8 Å². The molecule has 4 aliphatic heterocycles. The van der Waals surface area contributed by atoms with E-state index in [-0.39, 0.29) is 103 Å². The lowest BCUT2D eigenvalue weighted by atomic mass is 9.92. The van der Waals surface area contributed by atoms with Gasteiger partial charge in [0.05, 0.1) is 67.4 Å². The first-order valence-corrected chi connectivity index (χ1v) is 42.1. The first-order chi connectivity index (χ1) is 58.5. The maximum atomic E-state index is 16.7. The molecule has 122 heavy (non-hydrogen) atoms. The SMILES string of the molecule is C=CC(=O)N1CCN(c2nc(=O)n(-c3c(C)ccc(/C=C\C(=O)N4CCN(c5nc(=O)n(-c6c(CC)ccc(/C=C\C(=O)N7CCN(c8nc(=O)n(-c9c(C%10CC%10)ccnc9C)c9nc(-c%10c(O)cccc%10F)c(F)cc89)[C@@H](C)C7)c6CC)c6nc(N7CCOC(C)(C)C7)c(Cl)cc56)[C@@H](C)C4)c3C(C)C)c3nc(-c4ccccc4F)c(C)cc23)[C@@H](C)C1. The van der Waals surface area contributed by atoms with Gasteiger partial charge in [0.1, 0.15) is 46.3 Å². The molecule has 0 bridgehead atoms. The zero-order valence-corrected chi connectivity index (χ0v) is 71.2.